The van der Waals surface area contributed by atoms with Crippen LogP contribution in [0.25, 0.3) is 11.2 Å². The number of hydrogen-bond donors (Lipinski definition) is 1. The highest BCUT2D eigenvalue weighted by Crippen LogP contribution is 2.34. The molecule has 0 atom stereocenters. The van der Waals surface area contributed by atoms with Crippen molar-refractivity contribution in [1.82, 2.24) is 19.9 Å². The summed E-state index contributed by atoms with van der Waals surface area (Å²) in [4.78, 5) is 27.3. The van der Waals surface area contributed by atoms with Gasteiger partial charge >= 0.3 is 12.5 Å². The predicted molar refractivity (Wildman–Crippen MR) is 123 cm³/mol. The van der Waals surface area contributed by atoms with Gasteiger partial charge in [-0.05, 0) is 67.5 Å². The molecule has 4 heterocycles. The highest BCUT2D eigenvalue weighted by Gasteiger charge is 2.44. The lowest BCUT2D eigenvalue weighted by atomic mass is 9.89. The van der Waals surface area contributed by atoms with Crippen molar-refractivity contribution in [3.63, 3.8) is 0 Å². The summed E-state index contributed by atoms with van der Waals surface area (Å²) in [6.07, 6.45) is -3.42. The van der Waals surface area contributed by atoms with Gasteiger partial charge in [0.05, 0.1) is 5.52 Å². The van der Waals surface area contributed by atoms with Crippen LogP contribution in [-0.4, -0.2) is 64.6 Å². The molecule has 0 saturated carbocycles. The monoisotopic (exact) mass is 506 g/mol. The number of nitrogens with zero attached hydrogens (tertiary/aromatic N) is 3. The van der Waals surface area contributed by atoms with Crippen LogP contribution in [0, 0.1) is 0 Å². The number of carbonyl (C=O) groups excluding carboxylic acids is 1. The van der Waals surface area contributed by atoms with Crippen LogP contribution in [0.5, 0.6) is 5.75 Å². The Morgan fingerprint density at radius 2 is 1.75 bits per heavy atom. The summed E-state index contributed by atoms with van der Waals surface area (Å²) in [7, 11) is 0. The fourth-order valence-electron chi connectivity index (χ4n) is 4.90. The van der Waals surface area contributed by atoms with Crippen LogP contribution in [0.3, 0.4) is 0 Å². The van der Waals surface area contributed by atoms with Gasteiger partial charge in [-0.15, -0.1) is 0 Å². The van der Waals surface area contributed by atoms with E-state index in [4.69, 9.17) is 9.72 Å². The summed E-state index contributed by atoms with van der Waals surface area (Å²) in [5.74, 6) is 0.828. The first-order valence-electron chi connectivity index (χ1n) is 12.0. The third-order valence-electron chi connectivity index (χ3n) is 6.88. The van der Waals surface area contributed by atoms with E-state index in [1.807, 2.05) is 6.07 Å². The number of hydrogen-bond acceptors (Lipinski definition) is 5. The number of carbonyl (C=O) groups is 1. The Balaban J connectivity index is 1.23. The van der Waals surface area contributed by atoms with Gasteiger partial charge in [-0.2, -0.15) is 17.6 Å². The second-order valence-corrected chi connectivity index (χ2v) is 9.16. The van der Waals surface area contributed by atoms with Gasteiger partial charge in [-0.3, -0.25) is 4.79 Å². The van der Waals surface area contributed by atoms with E-state index >= 15 is 0 Å². The number of fused-ring (bicyclic) bond motifs is 1. The third-order valence-corrected chi connectivity index (χ3v) is 6.88. The van der Waals surface area contributed by atoms with Gasteiger partial charge in [0.1, 0.15) is 11.6 Å². The SMILES string of the molecule is O=C(c1ccc(OC(F)(F)C(F)F)cc1)N1CCC(c2ccnc3nc(C4CCOCC4)[nH]c23)CC1. The Kier molecular flexibility index (Phi) is 6.83. The molecule has 0 bridgehead atoms. The number of aromatic amines is 1. The first kappa shape index (κ1) is 24.5. The number of halogens is 4. The maximum absolute atomic E-state index is 13.1. The van der Waals surface area contributed by atoms with Gasteiger partial charge in [0, 0.05) is 44.0 Å². The number of amides is 1. The van der Waals surface area contributed by atoms with Crippen molar-refractivity contribution < 1.29 is 31.8 Å². The van der Waals surface area contributed by atoms with E-state index in [1.54, 1.807) is 11.1 Å². The zero-order chi connectivity index (χ0) is 25.3. The first-order valence-corrected chi connectivity index (χ1v) is 12.0. The molecule has 1 amide bonds. The fourth-order valence-corrected chi connectivity index (χ4v) is 4.90. The zero-order valence-corrected chi connectivity index (χ0v) is 19.4. The van der Waals surface area contributed by atoms with E-state index in [-0.39, 0.29) is 17.4 Å². The average molecular weight is 507 g/mol. The molecular weight excluding hydrogens is 480 g/mol. The van der Waals surface area contributed by atoms with Crippen molar-refractivity contribution in [2.24, 2.45) is 0 Å². The minimum Gasteiger partial charge on any atom is -0.428 e. The quantitative estimate of drug-likeness (QED) is 0.470. The first-order chi connectivity index (χ1) is 17.3. The Bertz CT molecular complexity index is 1200. The second kappa shape index (κ2) is 10.0. The second-order valence-electron chi connectivity index (χ2n) is 9.16. The minimum atomic E-state index is -4.59. The summed E-state index contributed by atoms with van der Waals surface area (Å²) in [5.41, 5.74) is 3.06. The normalized spacial score (nSPS) is 18.2. The fraction of sp³-hybridized carbons (Fsp3) is 0.480. The van der Waals surface area contributed by atoms with Gasteiger partial charge < -0.3 is 19.4 Å². The van der Waals surface area contributed by atoms with Crippen molar-refractivity contribution in [3.8, 4) is 5.75 Å². The Morgan fingerprint density at radius 3 is 2.42 bits per heavy atom. The van der Waals surface area contributed by atoms with E-state index in [2.05, 4.69) is 14.7 Å². The summed E-state index contributed by atoms with van der Waals surface area (Å²) < 4.78 is 60.3. The number of nitrogens with one attached hydrogen (secondary N) is 1. The molecule has 2 saturated heterocycles. The molecule has 0 spiro atoms. The minimum absolute atomic E-state index is 0.231. The number of imidazole rings is 1. The molecule has 3 aromatic rings. The Labute approximate surface area is 204 Å². The van der Waals surface area contributed by atoms with Crippen LogP contribution in [0.15, 0.2) is 36.5 Å². The molecule has 1 N–H and O–H groups in total. The molecule has 2 aliphatic rings. The molecule has 36 heavy (non-hydrogen) atoms. The van der Waals surface area contributed by atoms with Crippen LogP contribution in [0.2, 0.25) is 0 Å². The molecule has 0 aliphatic carbocycles. The number of ether oxygens (including phenoxy) is 2. The molecular formula is C25H26F4N4O3. The van der Waals surface area contributed by atoms with Gasteiger partial charge in [0.2, 0.25) is 0 Å². The lowest BCUT2D eigenvalue weighted by molar-refractivity contribution is -0.253. The highest BCUT2D eigenvalue weighted by molar-refractivity contribution is 5.94. The number of piperidine rings is 1. The standard InChI is InChI=1S/C25H26F4N4O3/c26-24(27)25(28,29)36-18-3-1-17(2-4-18)23(34)33-11-6-15(7-12-33)19-5-10-30-22-20(19)31-21(32-22)16-8-13-35-14-9-16/h1-5,10,15-16,24H,6-9,11-14H2,(H,30,31,32). The molecule has 5 rings (SSSR count). The van der Waals surface area contributed by atoms with E-state index in [9.17, 15) is 22.4 Å². The number of pyridine rings is 1. The number of aromatic nitrogens is 3. The Hall–Kier alpha value is -3.21. The maximum atomic E-state index is 13.1. The molecule has 2 aromatic heterocycles. The average Bonchev–Trinajstić information content (AvgIpc) is 3.34. The Morgan fingerprint density at radius 1 is 1.06 bits per heavy atom. The topological polar surface area (TPSA) is 80.3 Å². The van der Waals surface area contributed by atoms with Crippen molar-refractivity contribution in [3.05, 3.63) is 53.5 Å². The zero-order valence-electron chi connectivity index (χ0n) is 19.4. The van der Waals surface area contributed by atoms with E-state index < -0.39 is 18.3 Å². The maximum Gasteiger partial charge on any atom is 0.461 e. The van der Waals surface area contributed by atoms with Gasteiger partial charge in [-0.25, -0.2) is 9.97 Å². The van der Waals surface area contributed by atoms with E-state index in [0.29, 0.717) is 24.7 Å². The summed E-state index contributed by atoms with van der Waals surface area (Å²) in [6, 6.07) is 6.81. The molecule has 7 nitrogen and oxygen atoms in total. The van der Waals surface area contributed by atoms with Crippen LogP contribution >= 0.6 is 0 Å². The van der Waals surface area contributed by atoms with Gasteiger partial charge in [0.15, 0.2) is 5.65 Å². The molecule has 2 aliphatic heterocycles. The molecule has 1 aromatic carbocycles. The molecule has 192 valence electrons. The number of benzene rings is 1. The van der Waals surface area contributed by atoms with Crippen molar-refractivity contribution in [2.75, 3.05) is 26.3 Å². The summed E-state index contributed by atoms with van der Waals surface area (Å²) >= 11 is 0. The van der Waals surface area contributed by atoms with E-state index in [1.165, 1.54) is 12.1 Å². The van der Waals surface area contributed by atoms with Gasteiger partial charge in [0.25, 0.3) is 5.91 Å². The smallest absolute Gasteiger partial charge is 0.428 e. The van der Waals surface area contributed by atoms with E-state index in [0.717, 1.165) is 67.9 Å². The summed E-state index contributed by atoms with van der Waals surface area (Å²) in [5, 5.41) is 0. The molecule has 0 unspecified atom stereocenters. The van der Waals surface area contributed by atoms with Crippen LogP contribution in [-0.2, 0) is 4.74 Å². The van der Waals surface area contributed by atoms with Crippen LogP contribution < -0.4 is 4.74 Å². The highest BCUT2D eigenvalue weighted by atomic mass is 19.3. The van der Waals surface area contributed by atoms with Crippen LogP contribution in [0.4, 0.5) is 17.6 Å². The van der Waals surface area contributed by atoms with Crippen molar-refractivity contribution in [1.29, 1.82) is 0 Å². The number of rotatable bonds is 6. The molecule has 0 radical (unpaired) electrons. The number of H-pyrrole nitrogens is 1. The molecule has 2 fully saturated rings. The van der Waals surface area contributed by atoms with Crippen LogP contribution in [0.1, 0.15) is 59.3 Å². The van der Waals surface area contributed by atoms with Gasteiger partial charge in [-0.1, -0.05) is 0 Å². The van der Waals surface area contributed by atoms with Crippen molar-refractivity contribution in [2.45, 2.75) is 50.1 Å². The third kappa shape index (κ3) is 5.02. The largest absolute Gasteiger partial charge is 0.461 e. The lowest BCUT2D eigenvalue weighted by Crippen LogP contribution is -2.38. The molecule has 11 heteroatoms. The summed E-state index contributed by atoms with van der Waals surface area (Å²) in [6.45, 7) is 2.50. The number of alkyl halides is 4. The predicted octanol–water partition coefficient (Wildman–Crippen LogP) is 5.11. The lowest BCUT2D eigenvalue weighted by Gasteiger charge is -2.32. The number of likely N-dealkylation sites (tertiary alicyclic amines) is 1. The van der Waals surface area contributed by atoms with Crippen molar-refractivity contribution >= 4 is 17.1 Å².